The zero-order chi connectivity index (χ0) is 14.7. The van der Waals surface area contributed by atoms with Crippen molar-refractivity contribution in [2.75, 3.05) is 23.7 Å². The third-order valence-electron chi connectivity index (χ3n) is 4.09. The summed E-state index contributed by atoms with van der Waals surface area (Å²) < 4.78 is 0. The Balaban J connectivity index is 2.23. The third kappa shape index (κ3) is 3.18. The van der Waals surface area contributed by atoms with Crippen LogP contribution in [0.2, 0.25) is 0 Å². The maximum atomic E-state index is 11.1. The lowest BCUT2D eigenvalue weighted by atomic mass is 9.89. The van der Waals surface area contributed by atoms with E-state index in [9.17, 15) is 10.1 Å². The molecule has 2 heterocycles. The molecule has 6 nitrogen and oxygen atoms in total. The molecule has 2 N–H and O–H groups in total. The van der Waals surface area contributed by atoms with E-state index in [0.29, 0.717) is 23.5 Å². The number of pyridine rings is 1. The molecular formula is C14H22N4O2. The zero-order valence-electron chi connectivity index (χ0n) is 12.1. The van der Waals surface area contributed by atoms with Gasteiger partial charge in [0.2, 0.25) is 5.82 Å². The van der Waals surface area contributed by atoms with Gasteiger partial charge < -0.3 is 10.6 Å². The van der Waals surface area contributed by atoms with Crippen LogP contribution in [-0.2, 0) is 0 Å². The monoisotopic (exact) mass is 278 g/mol. The molecule has 2 rings (SSSR count). The highest BCUT2D eigenvalue weighted by atomic mass is 16.6. The number of nitrogens with two attached hydrogens (primary N) is 1. The Morgan fingerprint density at radius 3 is 2.80 bits per heavy atom. The Morgan fingerprint density at radius 1 is 1.40 bits per heavy atom. The fourth-order valence-electron chi connectivity index (χ4n) is 2.83. The molecule has 0 aliphatic carbocycles. The number of hydrogen-bond donors (Lipinski definition) is 1. The molecule has 1 unspecified atom stereocenters. The molecule has 1 aromatic rings. The predicted molar refractivity (Wildman–Crippen MR) is 79.7 cm³/mol. The molecule has 1 atom stereocenters. The topological polar surface area (TPSA) is 85.3 Å². The largest absolute Gasteiger partial charge is 0.384 e. The van der Waals surface area contributed by atoms with Gasteiger partial charge in [-0.15, -0.1) is 0 Å². The van der Waals surface area contributed by atoms with Crippen molar-refractivity contribution in [1.29, 1.82) is 0 Å². The molecule has 0 radical (unpaired) electrons. The molecule has 1 aliphatic heterocycles. The van der Waals surface area contributed by atoms with Crippen LogP contribution in [0.1, 0.15) is 33.1 Å². The Hall–Kier alpha value is -1.85. The summed E-state index contributed by atoms with van der Waals surface area (Å²) in [6.45, 7) is 6.09. The minimum atomic E-state index is -0.382. The molecule has 0 bridgehead atoms. The van der Waals surface area contributed by atoms with Crippen molar-refractivity contribution < 1.29 is 4.92 Å². The van der Waals surface area contributed by atoms with E-state index in [1.807, 2.05) is 4.90 Å². The van der Waals surface area contributed by atoms with E-state index in [-0.39, 0.29) is 10.6 Å². The van der Waals surface area contributed by atoms with Crippen LogP contribution < -0.4 is 10.6 Å². The maximum Gasteiger partial charge on any atom is 0.311 e. The van der Waals surface area contributed by atoms with Gasteiger partial charge in [-0.2, -0.15) is 0 Å². The Kier molecular flexibility index (Phi) is 4.42. The second kappa shape index (κ2) is 6.07. The second-order valence-corrected chi connectivity index (χ2v) is 5.76. The van der Waals surface area contributed by atoms with Crippen LogP contribution in [0.3, 0.4) is 0 Å². The Bertz CT molecular complexity index is 490. The first-order valence-electron chi connectivity index (χ1n) is 7.15. The lowest BCUT2D eigenvalue weighted by Gasteiger charge is -2.22. The number of aromatic nitrogens is 1. The van der Waals surface area contributed by atoms with Crippen LogP contribution in [0.5, 0.6) is 0 Å². The zero-order valence-corrected chi connectivity index (χ0v) is 12.1. The van der Waals surface area contributed by atoms with Gasteiger partial charge in [0.1, 0.15) is 5.82 Å². The first kappa shape index (κ1) is 14.6. The maximum absolute atomic E-state index is 11.1. The summed E-state index contributed by atoms with van der Waals surface area (Å²) in [7, 11) is 0. The second-order valence-electron chi connectivity index (χ2n) is 5.76. The highest BCUT2D eigenvalue weighted by Gasteiger charge is 2.25. The highest BCUT2D eigenvalue weighted by molar-refractivity contribution is 5.61. The van der Waals surface area contributed by atoms with Crippen molar-refractivity contribution in [3.8, 4) is 0 Å². The van der Waals surface area contributed by atoms with E-state index in [1.54, 1.807) is 0 Å². The van der Waals surface area contributed by atoms with Crippen molar-refractivity contribution >= 4 is 17.3 Å². The van der Waals surface area contributed by atoms with E-state index in [2.05, 4.69) is 18.8 Å². The molecule has 0 amide bonds. The summed E-state index contributed by atoms with van der Waals surface area (Å²) in [6.07, 6.45) is 3.26. The normalized spacial score (nSPS) is 19.9. The van der Waals surface area contributed by atoms with Crippen LogP contribution in [0.4, 0.5) is 17.3 Å². The lowest BCUT2D eigenvalue weighted by molar-refractivity contribution is -0.384. The Labute approximate surface area is 119 Å². The number of anilines is 2. The van der Waals surface area contributed by atoms with Gasteiger partial charge in [0, 0.05) is 19.2 Å². The summed E-state index contributed by atoms with van der Waals surface area (Å²) >= 11 is 0. The molecule has 6 heteroatoms. The van der Waals surface area contributed by atoms with Crippen molar-refractivity contribution in [2.45, 2.75) is 33.1 Å². The van der Waals surface area contributed by atoms with Crippen molar-refractivity contribution in [3.63, 3.8) is 0 Å². The van der Waals surface area contributed by atoms with Crippen molar-refractivity contribution in [2.24, 2.45) is 11.8 Å². The molecule has 1 aromatic heterocycles. The fourth-order valence-corrected chi connectivity index (χ4v) is 2.83. The van der Waals surface area contributed by atoms with Gasteiger partial charge in [0.15, 0.2) is 0 Å². The Morgan fingerprint density at radius 2 is 2.15 bits per heavy atom. The summed E-state index contributed by atoms with van der Waals surface area (Å²) in [5.74, 6) is 2.08. The van der Waals surface area contributed by atoms with Crippen LogP contribution in [-0.4, -0.2) is 23.0 Å². The van der Waals surface area contributed by atoms with Crippen molar-refractivity contribution in [3.05, 3.63) is 22.2 Å². The van der Waals surface area contributed by atoms with Gasteiger partial charge in [-0.05, 0) is 37.2 Å². The van der Waals surface area contributed by atoms with Crippen LogP contribution in [0.15, 0.2) is 12.1 Å². The lowest BCUT2D eigenvalue weighted by Crippen LogP contribution is -2.26. The summed E-state index contributed by atoms with van der Waals surface area (Å²) in [4.78, 5) is 17.0. The highest BCUT2D eigenvalue weighted by Crippen LogP contribution is 2.31. The van der Waals surface area contributed by atoms with E-state index in [4.69, 9.17) is 5.73 Å². The summed E-state index contributed by atoms with van der Waals surface area (Å²) in [6, 6.07) is 2.93. The average molecular weight is 278 g/mol. The van der Waals surface area contributed by atoms with E-state index < -0.39 is 0 Å². The minimum absolute atomic E-state index is 0.0437. The van der Waals surface area contributed by atoms with E-state index >= 15 is 0 Å². The van der Waals surface area contributed by atoms with Gasteiger partial charge >= 0.3 is 5.69 Å². The third-order valence-corrected chi connectivity index (χ3v) is 4.09. The molecule has 0 aromatic carbocycles. The number of rotatable bonds is 3. The van der Waals surface area contributed by atoms with Crippen LogP contribution >= 0.6 is 0 Å². The van der Waals surface area contributed by atoms with Crippen LogP contribution in [0, 0.1) is 22.0 Å². The summed E-state index contributed by atoms with van der Waals surface area (Å²) in [5.41, 5.74) is 5.73. The van der Waals surface area contributed by atoms with Crippen LogP contribution in [0.25, 0.3) is 0 Å². The van der Waals surface area contributed by atoms with Gasteiger partial charge in [0.25, 0.3) is 0 Å². The average Bonchev–Trinajstić information content (AvgIpc) is 2.63. The molecular weight excluding hydrogens is 256 g/mol. The minimum Gasteiger partial charge on any atom is -0.384 e. The number of hydrogen-bond acceptors (Lipinski definition) is 5. The smallest absolute Gasteiger partial charge is 0.311 e. The molecule has 20 heavy (non-hydrogen) atoms. The molecule has 110 valence electrons. The number of nitrogen functional groups attached to an aromatic ring is 1. The van der Waals surface area contributed by atoms with Crippen molar-refractivity contribution in [1.82, 2.24) is 4.98 Å². The quantitative estimate of drug-likeness (QED) is 0.678. The van der Waals surface area contributed by atoms with Gasteiger partial charge in [0.05, 0.1) is 4.92 Å². The van der Waals surface area contributed by atoms with Gasteiger partial charge in [-0.25, -0.2) is 4.98 Å². The molecule has 1 aliphatic rings. The number of nitrogens with zero attached hydrogens (tertiary/aromatic N) is 3. The molecule has 0 saturated carbocycles. The molecule has 0 spiro atoms. The molecule has 1 saturated heterocycles. The van der Waals surface area contributed by atoms with E-state index in [1.165, 1.54) is 18.6 Å². The summed E-state index contributed by atoms with van der Waals surface area (Å²) in [5, 5.41) is 11.1. The van der Waals surface area contributed by atoms with Gasteiger partial charge in [-0.1, -0.05) is 13.8 Å². The standard InChI is InChI=1S/C14H22N4O2/c1-10(2)11-4-3-8-17(9-7-11)14-12(18(19)20)5-6-13(15)16-14/h5-6,10-11H,3-4,7-9H2,1-2H3,(H2,15,16). The SMILES string of the molecule is CC(C)C1CCCN(c2nc(N)ccc2[N+](=O)[O-])CC1. The fraction of sp³-hybridized carbons (Fsp3) is 0.643. The first-order chi connectivity index (χ1) is 9.49. The number of nitro groups is 1. The molecule has 1 fully saturated rings. The predicted octanol–water partition coefficient (Wildman–Crippen LogP) is 2.83. The first-order valence-corrected chi connectivity index (χ1v) is 7.15. The van der Waals surface area contributed by atoms with E-state index in [0.717, 1.165) is 25.9 Å². The van der Waals surface area contributed by atoms with Gasteiger partial charge in [-0.3, -0.25) is 10.1 Å².